The molecule has 2 aromatic heterocycles. The molecule has 7 rings (SSSR count). The van der Waals surface area contributed by atoms with E-state index in [1.807, 2.05) is 35.5 Å². The Hall–Kier alpha value is -6.83. The van der Waals surface area contributed by atoms with Gasteiger partial charge in [0.25, 0.3) is 17.7 Å². The van der Waals surface area contributed by atoms with E-state index < -0.39 is 0 Å². The van der Waals surface area contributed by atoms with Crippen molar-refractivity contribution < 1.29 is 28.7 Å². The van der Waals surface area contributed by atoms with Crippen molar-refractivity contribution in [3.8, 4) is 22.6 Å². The van der Waals surface area contributed by atoms with E-state index in [4.69, 9.17) is 15.2 Å². The van der Waals surface area contributed by atoms with Crippen LogP contribution >= 0.6 is 0 Å². The highest BCUT2D eigenvalue weighted by Crippen LogP contribution is 2.38. The summed E-state index contributed by atoms with van der Waals surface area (Å²) in [5, 5.41) is 8.65. The Morgan fingerprint density at radius 3 is 2.20 bits per heavy atom. The molecule has 0 spiro atoms. The fraction of sp³-hybridized carbons (Fsp3) is 0.262. The molecule has 0 bridgehead atoms. The summed E-state index contributed by atoms with van der Waals surface area (Å²) in [5.74, 6) is 0.0123. The molecule has 1 fully saturated rings. The Balaban J connectivity index is 0.899. The summed E-state index contributed by atoms with van der Waals surface area (Å²) in [6, 6.07) is 21.1. The van der Waals surface area contributed by atoms with Crippen molar-refractivity contribution in [2.75, 3.05) is 41.9 Å². The summed E-state index contributed by atoms with van der Waals surface area (Å²) in [6.07, 6.45) is 8.93. The van der Waals surface area contributed by atoms with Gasteiger partial charge in [-0.05, 0) is 85.8 Å². The lowest BCUT2D eigenvalue weighted by Gasteiger charge is -2.32. The molecule has 5 aromatic rings. The molecule has 288 valence electrons. The Labute approximate surface area is 324 Å². The highest BCUT2D eigenvalue weighted by Gasteiger charge is 2.31. The average molecular weight is 757 g/mol. The first-order chi connectivity index (χ1) is 27.1. The van der Waals surface area contributed by atoms with Gasteiger partial charge in [-0.25, -0.2) is 0 Å². The number of nitrogens with zero attached hydrogens (tertiary/aromatic N) is 4. The van der Waals surface area contributed by atoms with E-state index >= 15 is 0 Å². The molecule has 14 heteroatoms. The zero-order chi connectivity index (χ0) is 39.3. The van der Waals surface area contributed by atoms with Crippen LogP contribution in [-0.2, 0) is 18.9 Å². The van der Waals surface area contributed by atoms with E-state index in [9.17, 15) is 19.2 Å². The number of aryl methyl sites for hydroxylation is 2. The van der Waals surface area contributed by atoms with Gasteiger partial charge in [-0.15, -0.1) is 0 Å². The molecule has 0 radical (unpaired) electrons. The second-order valence-electron chi connectivity index (χ2n) is 13.9. The number of hydrogen-bond acceptors (Lipinski definition) is 8. The number of rotatable bonds is 12. The molecule has 1 atom stereocenters. The van der Waals surface area contributed by atoms with E-state index in [1.165, 1.54) is 7.11 Å². The maximum absolute atomic E-state index is 13.3. The van der Waals surface area contributed by atoms with Crippen molar-refractivity contribution in [3.63, 3.8) is 0 Å². The zero-order valence-electron chi connectivity index (χ0n) is 31.5. The number of nitrogens with two attached hydrogens (primary N) is 1. The number of fused-ring (bicyclic) bond motifs is 2. The van der Waals surface area contributed by atoms with Crippen LogP contribution in [0.4, 0.5) is 28.4 Å². The van der Waals surface area contributed by atoms with Gasteiger partial charge in [0, 0.05) is 74.4 Å². The fourth-order valence-corrected chi connectivity index (χ4v) is 6.93. The molecule has 14 nitrogen and oxygen atoms in total. The quantitative estimate of drug-likeness (QED) is 0.0816. The number of methoxy groups -OCH3 is 1. The molecule has 3 aromatic carbocycles. The summed E-state index contributed by atoms with van der Waals surface area (Å²) in [6.45, 7) is 0.945. The van der Waals surface area contributed by atoms with Crippen LogP contribution in [0.2, 0.25) is 0 Å². The summed E-state index contributed by atoms with van der Waals surface area (Å²) in [5.41, 5.74) is 11.7. The molecule has 4 amide bonds. The van der Waals surface area contributed by atoms with Crippen LogP contribution < -0.4 is 31.2 Å². The predicted molar refractivity (Wildman–Crippen MR) is 216 cm³/mol. The Kier molecular flexibility index (Phi) is 10.9. The molecule has 1 saturated heterocycles. The predicted octanol–water partition coefficient (Wildman–Crippen LogP) is 6.63. The summed E-state index contributed by atoms with van der Waals surface area (Å²) in [4.78, 5) is 58.7. The van der Waals surface area contributed by atoms with Crippen LogP contribution in [0.15, 0.2) is 90.2 Å². The zero-order valence-corrected chi connectivity index (χ0v) is 31.5. The first kappa shape index (κ1) is 37.5. The van der Waals surface area contributed by atoms with Crippen molar-refractivity contribution in [3.05, 3.63) is 102 Å². The third-order valence-electron chi connectivity index (χ3n) is 9.92. The van der Waals surface area contributed by atoms with Gasteiger partial charge in [-0.3, -0.25) is 24.2 Å². The Morgan fingerprint density at radius 2 is 1.48 bits per heavy atom. The van der Waals surface area contributed by atoms with Crippen LogP contribution in [0.3, 0.4) is 0 Å². The van der Waals surface area contributed by atoms with Gasteiger partial charge in [0.15, 0.2) is 11.5 Å². The molecule has 5 N–H and O–H groups in total. The number of benzene rings is 3. The van der Waals surface area contributed by atoms with Crippen LogP contribution in [0, 0.1) is 0 Å². The summed E-state index contributed by atoms with van der Waals surface area (Å²) >= 11 is 0. The van der Waals surface area contributed by atoms with Crippen molar-refractivity contribution in [2.45, 2.75) is 38.1 Å². The summed E-state index contributed by atoms with van der Waals surface area (Å²) in [7, 11) is 5.06. The number of piperidine rings is 1. The van der Waals surface area contributed by atoms with Crippen molar-refractivity contribution >= 4 is 58.3 Å². The fourth-order valence-electron chi connectivity index (χ4n) is 6.93. The number of carbonyl (C=O) groups excluding carboxylic acids is 4. The average Bonchev–Trinajstić information content (AvgIpc) is 3.74. The number of aromatic nitrogens is 2. The number of aliphatic imine (C=N–C) groups is 1. The van der Waals surface area contributed by atoms with Crippen LogP contribution in [-0.4, -0.2) is 70.2 Å². The third-order valence-corrected chi connectivity index (χ3v) is 9.92. The number of amides is 4. The highest BCUT2D eigenvalue weighted by atomic mass is 16.5. The molecule has 0 saturated carbocycles. The number of nitrogens with one attached hydrogen (secondary N) is 3. The Morgan fingerprint density at radius 1 is 0.804 bits per heavy atom. The summed E-state index contributed by atoms with van der Waals surface area (Å²) < 4.78 is 14.9. The number of hydrogen-bond donors (Lipinski definition) is 4. The van der Waals surface area contributed by atoms with Crippen LogP contribution in [0.25, 0.3) is 11.1 Å². The lowest BCUT2D eigenvalue weighted by molar-refractivity contribution is -0.116. The Bertz CT molecular complexity index is 2310. The number of anilines is 4. The SMILES string of the molecule is COc1cc2c(cc1OCCCC(=O)Nc1cc(C(=O)Nc3ccc(-c4cc(C(=O)Nc5ccc(N)cc5)n(C)c4)cc3)n(C)c1)N=C[C@H]1CCCCN1C2=O. The lowest BCUT2D eigenvalue weighted by atomic mass is 10.0. The van der Waals surface area contributed by atoms with E-state index in [0.717, 1.165) is 30.4 Å². The van der Waals surface area contributed by atoms with E-state index in [2.05, 4.69) is 20.9 Å². The van der Waals surface area contributed by atoms with Gasteiger partial charge in [-0.2, -0.15) is 0 Å². The van der Waals surface area contributed by atoms with Crippen molar-refractivity contribution in [1.82, 2.24) is 14.0 Å². The van der Waals surface area contributed by atoms with Gasteiger partial charge < -0.3 is 45.2 Å². The van der Waals surface area contributed by atoms with Gasteiger partial charge in [0.05, 0.1) is 36.7 Å². The molecule has 2 aliphatic heterocycles. The smallest absolute Gasteiger partial charge is 0.272 e. The monoisotopic (exact) mass is 756 g/mol. The minimum Gasteiger partial charge on any atom is -0.493 e. The minimum atomic E-state index is -0.341. The van der Waals surface area contributed by atoms with Crippen LogP contribution in [0.1, 0.15) is 63.4 Å². The largest absolute Gasteiger partial charge is 0.493 e. The molecular weight excluding hydrogens is 713 g/mol. The second-order valence-corrected chi connectivity index (χ2v) is 13.9. The standard InChI is InChI=1S/C42H44N8O6/c1-48-24-27(19-35(48)40(52)47-30-15-11-28(43)12-16-30)26-9-13-29(14-10-26)46-41(53)36-20-31(25-49(36)2)45-39(51)8-6-18-56-38-22-34-33(21-37(38)55-3)42(54)50-17-5-4-7-32(50)23-44-34/h9-16,19-25,32H,4-8,17-18,43H2,1-3H3,(H,45,51)(H,46,53)(H,47,52)/t32-/m1/s1. The van der Waals surface area contributed by atoms with E-state index in [-0.39, 0.29) is 42.7 Å². The topological polar surface area (TPSA) is 174 Å². The maximum atomic E-state index is 13.3. The number of carbonyl (C=O) groups is 4. The van der Waals surface area contributed by atoms with E-state index in [1.54, 1.807) is 84.0 Å². The highest BCUT2D eigenvalue weighted by molar-refractivity contribution is 6.06. The number of nitrogen functional groups attached to an aromatic ring is 1. The molecule has 2 aliphatic rings. The first-order valence-corrected chi connectivity index (χ1v) is 18.5. The molecule has 4 heterocycles. The van der Waals surface area contributed by atoms with Gasteiger partial charge in [-0.1, -0.05) is 12.1 Å². The lowest BCUT2D eigenvalue weighted by Crippen LogP contribution is -2.43. The molecule has 0 unspecified atom stereocenters. The molecule has 56 heavy (non-hydrogen) atoms. The van der Waals surface area contributed by atoms with Crippen molar-refractivity contribution in [2.24, 2.45) is 19.1 Å². The van der Waals surface area contributed by atoms with E-state index in [0.29, 0.717) is 69.9 Å². The van der Waals surface area contributed by atoms with Crippen LogP contribution in [0.5, 0.6) is 11.5 Å². The maximum Gasteiger partial charge on any atom is 0.272 e. The third kappa shape index (κ3) is 8.28. The van der Waals surface area contributed by atoms with Crippen molar-refractivity contribution in [1.29, 1.82) is 0 Å². The number of ether oxygens (including phenoxy) is 2. The first-order valence-electron chi connectivity index (χ1n) is 18.5. The molecular formula is C42H44N8O6. The van der Waals surface area contributed by atoms with Gasteiger partial charge in [0.2, 0.25) is 5.91 Å². The second kappa shape index (κ2) is 16.3. The normalized spacial score (nSPS) is 14.7. The van der Waals surface area contributed by atoms with Gasteiger partial charge in [0.1, 0.15) is 11.4 Å². The molecule has 0 aliphatic carbocycles. The minimum absolute atomic E-state index is 0.00754. The van der Waals surface area contributed by atoms with Gasteiger partial charge >= 0.3 is 0 Å².